The van der Waals surface area contributed by atoms with Gasteiger partial charge in [0.1, 0.15) is 5.82 Å². The first-order chi connectivity index (χ1) is 9.31. The van der Waals surface area contributed by atoms with Crippen LogP contribution in [0.4, 0.5) is 0 Å². The maximum atomic E-state index is 5.31. The van der Waals surface area contributed by atoms with Gasteiger partial charge in [-0.15, -0.1) is 10.2 Å². The molecular formula is C14H20N4O. The Morgan fingerprint density at radius 2 is 2.32 bits per heavy atom. The summed E-state index contributed by atoms with van der Waals surface area (Å²) < 4.78 is 7.36. The molecule has 3 heterocycles. The van der Waals surface area contributed by atoms with Crippen LogP contribution in [0.15, 0.2) is 18.3 Å². The average Bonchev–Trinajstić information content (AvgIpc) is 3.06. The number of ether oxygens (including phenoxy) is 1. The lowest BCUT2D eigenvalue weighted by molar-refractivity contribution is 0.340. The van der Waals surface area contributed by atoms with E-state index in [2.05, 4.69) is 22.0 Å². The number of nitrogens with zero attached hydrogens (tertiary/aromatic N) is 4. The van der Waals surface area contributed by atoms with E-state index < -0.39 is 0 Å². The van der Waals surface area contributed by atoms with Crippen molar-refractivity contribution in [1.29, 1.82) is 0 Å². The van der Waals surface area contributed by atoms with Crippen LogP contribution < -0.4 is 4.74 Å². The molecule has 19 heavy (non-hydrogen) atoms. The molecular weight excluding hydrogens is 240 g/mol. The first-order valence-electron chi connectivity index (χ1n) is 6.90. The molecule has 0 N–H and O–H groups in total. The second-order valence-electron chi connectivity index (χ2n) is 5.14. The predicted octanol–water partition coefficient (Wildman–Crippen LogP) is 1.62. The van der Waals surface area contributed by atoms with Crippen LogP contribution in [0.3, 0.4) is 0 Å². The molecule has 0 amide bonds. The van der Waals surface area contributed by atoms with Crippen LogP contribution in [-0.4, -0.2) is 46.2 Å². The standard InChI is InChI=1S/C14H20N4O/c1-3-17-8-6-11(10-17)9-13-15-16-14-12(19-2)5-4-7-18(13)14/h4-5,7,11H,3,6,8-10H2,1-2H3. The molecule has 0 saturated carbocycles. The summed E-state index contributed by atoms with van der Waals surface area (Å²) in [6.07, 6.45) is 4.26. The number of fused-ring (bicyclic) bond motifs is 1. The zero-order chi connectivity index (χ0) is 13.2. The van der Waals surface area contributed by atoms with E-state index in [-0.39, 0.29) is 0 Å². The summed E-state index contributed by atoms with van der Waals surface area (Å²) in [5.74, 6) is 2.51. The maximum Gasteiger partial charge on any atom is 0.203 e. The summed E-state index contributed by atoms with van der Waals surface area (Å²) in [4.78, 5) is 2.49. The molecule has 0 bridgehead atoms. The SMILES string of the molecule is CCN1CCC(Cc2nnc3c(OC)cccn23)C1. The Morgan fingerprint density at radius 3 is 3.05 bits per heavy atom. The molecule has 1 atom stereocenters. The van der Waals surface area contributed by atoms with Gasteiger partial charge in [0.05, 0.1) is 7.11 Å². The van der Waals surface area contributed by atoms with E-state index in [1.165, 1.54) is 19.5 Å². The van der Waals surface area contributed by atoms with Crippen LogP contribution in [0.25, 0.3) is 5.65 Å². The fourth-order valence-electron chi connectivity index (χ4n) is 2.86. The minimum Gasteiger partial charge on any atom is -0.493 e. The van der Waals surface area contributed by atoms with Gasteiger partial charge in [-0.3, -0.25) is 4.40 Å². The lowest BCUT2D eigenvalue weighted by Crippen LogP contribution is -2.20. The number of aromatic nitrogens is 3. The van der Waals surface area contributed by atoms with E-state index in [1.807, 2.05) is 22.7 Å². The van der Waals surface area contributed by atoms with Crippen LogP contribution in [0, 0.1) is 5.92 Å². The molecule has 0 spiro atoms. The van der Waals surface area contributed by atoms with Crippen LogP contribution in [-0.2, 0) is 6.42 Å². The van der Waals surface area contributed by atoms with Crippen LogP contribution in [0.1, 0.15) is 19.2 Å². The van der Waals surface area contributed by atoms with Gasteiger partial charge >= 0.3 is 0 Å². The number of rotatable bonds is 4. The number of methoxy groups -OCH3 is 1. The van der Waals surface area contributed by atoms with Gasteiger partial charge in [0.2, 0.25) is 5.65 Å². The molecule has 0 radical (unpaired) electrons. The highest BCUT2D eigenvalue weighted by atomic mass is 16.5. The minimum absolute atomic E-state index is 0.693. The van der Waals surface area contributed by atoms with Gasteiger partial charge in [0.15, 0.2) is 5.75 Å². The number of hydrogen-bond acceptors (Lipinski definition) is 4. The molecule has 5 heteroatoms. The summed E-state index contributed by atoms with van der Waals surface area (Å²) in [6.45, 7) is 5.75. The van der Waals surface area contributed by atoms with Crippen molar-refractivity contribution in [1.82, 2.24) is 19.5 Å². The van der Waals surface area contributed by atoms with Crippen molar-refractivity contribution in [3.8, 4) is 5.75 Å². The molecule has 0 aromatic carbocycles. The first-order valence-corrected chi connectivity index (χ1v) is 6.90. The largest absolute Gasteiger partial charge is 0.493 e. The summed E-state index contributed by atoms with van der Waals surface area (Å²) in [5.41, 5.74) is 0.811. The second-order valence-corrected chi connectivity index (χ2v) is 5.14. The molecule has 2 aromatic rings. The van der Waals surface area contributed by atoms with E-state index in [9.17, 15) is 0 Å². The van der Waals surface area contributed by atoms with Crippen molar-refractivity contribution >= 4 is 5.65 Å². The zero-order valence-corrected chi connectivity index (χ0v) is 11.5. The Balaban J connectivity index is 1.82. The van der Waals surface area contributed by atoms with Gasteiger partial charge in [-0.2, -0.15) is 0 Å². The third-order valence-corrected chi connectivity index (χ3v) is 3.98. The molecule has 1 unspecified atom stereocenters. The Morgan fingerprint density at radius 1 is 1.42 bits per heavy atom. The summed E-state index contributed by atoms with van der Waals surface area (Å²) >= 11 is 0. The van der Waals surface area contributed by atoms with E-state index in [0.717, 1.165) is 30.2 Å². The smallest absolute Gasteiger partial charge is 0.203 e. The maximum absolute atomic E-state index is 5.31. The summed E-state index contributed by atoms with van der Waals surface area (Å²) in [7, 11) is 1.67. The lowest BCUT2D eigenvalue weighted by Gasteiger charge is -2.12. The van der Waals surface area contributed by atoms with Gasteiger partial charge in [0.25, 0.3) is 0 Å². The second kappa shape index (κ2) is 5.17. The Kier molecular flexibility index (Phi) is 3.38. The molecule has 102 valence electrons. The molecule has 1 saturated heterocycles. The quantitative estimate of drug-likeness (QED) is 0.838. The topological polar surface area (TPSA) is 42.7 Å². The lowest BCUT2D eigenvalue weighted by atomic mass is 10.0. The van der Waals surface area contributed by atoms with E-state index >= 15 is 0 Å². The number of likely N-dealkylation sites (tertiary alicyclic amines) is 1. The van der Waals surface area contributed by atoms with Crippen LogP contribution >= 0.6 is 0 Å². The Labute approximate surface area is 113 Å². The number of hydrogen-bond donors (Lipinski definition) is 0. The molecule has 3 rings (SSSR count). The molecule has 2 aromatic heterocycles. The molecule has 5 nitrogen and oxygen atoms in total. The third kappa shape index (κ3) is 2.30. The molecule has 1 aliphatic heterocycles. The fourth-order valence-corrected chi connectivity index (χ4v) is 2.86. The number of pyridine rings is 1. The Hall–Kier alpha value is -1.62. The van der Waals surface area contributed by atoms with Crippen molar-refractivity contribution in [2.45, 2.75) is 19.8 Å². The average molecular weight is 260 g/mol. The van der Waals surface area contributed by atoms with Crippen molar-refractivity contribution in [3.05, 3.63) is 24.2 Å². The van der Waals surface area contributed by atoms with Crippen molar-refractivity contribution < 1.29 is 4.74 Å². The van der Waals surface area contributed by atoms with Crippen LogP contribution in [0.2, 0.25) is 0 Å². The van der Waals surface area contributed by atoms with E-state index in [1.54, 1.807) is 7.11 Å². The summed E-state index contributed by atoms with van der Waals surface area (Å²) in [6, 6.07) is 3.90. The van der Waals surface area contributed by atoms with Gasteiger partial charge in [-0.05, 0) is 37.6 Å². The highest BCUT2D eigenvalue weighted by Gasteiger charge is 2.23. The van der Waals surface area contributed by atoms with Crippen molar-refractivity contribution in [3.63, 3.8) is 0 Å². The predicted molar refractivity (Wildman–Crippen MR) is 73.5 cm³/mol. The fraction of sp³-hybridized carbons (Fsp3) is 0.571. The van der Waals surface area contributed by atoms with Gasteiger partial charge in [-0.25, -0.2) is 0 Å². The highest BCUT2D eigenvalue weighted by molar-refractivity contribution is 5.53. The monoisotopic (exact) mass is 260 g/mol. The molecule has 1 fully saturated rings. The van der Waals surface area contributed by atoms with Gasteiger partial charge in [-0.1, -0.05) is 6.92 Å². The third-order valence-electron chi connectivity index (χ3n) is 3.98. The van der Waals surface area contributed by atoms with Crippen LogP contribution in [0.5, 0.6) is 5.75 Å². The highest BCUT2D eigenvalue weighted by Crippen LogP contribution is 2.22. The van der Waals surface area contributed by atoms with E-state index in [4.69, 9.17) is 4.74 Å². The van der Waals surface area contributed by atoms with Gasteiger partial charge < -0.3 is 9.64 Å². The zero-order valence-electron chi connectivity index (χ0n) is 11.5. The van der Waals surface area contributed by atoms with E-state index in [0.29, 0.717) is 5.92 Å². The van der Waals surface area contributed by atoms with Crippen molar-refractivity contribution in [2.75, 3.05) is 26.7 Å². The molecule has 0 aliphatic carbocycles. The minimum atomic E-state index is 0.693. The Bertz CT molecular complexity index is 566. The first kappa shape index (κ1) is 12.4. The molecule has 1 aliphatic rings. The van der Waals surface area contributed by atoms with Crippen molar-refractivity contribution in [2.24, 2.45) is 5.92 Å². The van der Waals surface area contributed by atoms with Gasteiger partial charge in [0, 0.05) is 19.2 Å². The normalized spacial score (nSPS) is 20.2. The summed E-state index contributed by atoms with van der Waals surface area (Å²) in [5, 5.41) is 8.58.